The van der Waals surface area contributed by atoms with E-state index in [-0.39, 0.29) is 0 Å². The van der Waals surface area contributed by atoms with Gasteiger partial charge in [-0.1, -0.05) is 11.8 Å². The molecule has 0 bridgehead atoms. The van der Waals surface area contributed by atoms with Gasteiger partial charge in [0.1, 0.15) is 11.6 Å². The highest BCUT2D eigenvalue weighted by atomic mass is 32.2. The number of benzene rings is 1. The maximum absolute atomic E-state index is 13.1. The highest BCUT2D eigenvalue weighted by Gasteiger charge is 2.06. The molecule has 0 aliphatic carbocycles. The number of hydrogen-bond acceptors (Lipinski definition) is 6. The van der Waals surface area contributed by atoms with Crippen molar-refractivity contribution in [1.82, 2.24) is 9.97 Å². The van der Waals surface area contributed by atoms with Gasteiger partial charge in [0.2, 0.25) is 0 Å². The molecule has 4 N–H and O–H groups in total. The number of nitrogens with two attached hydrogens (primary N) is 1. The van der Waals surface area contributed by atoms with Gasteiger partial charge in [-0.05, 0) is 18.4 Å². The lowest BCUT2D eigenvalue weighted by molar-refractivity contribution is 0.509. The average molecular weight is 283 g/mol. The second-order valence-corrected chi connectivity index (χ2v) is 4.30. The summed E-state index contributed by atoms with van der Waals surface area (Å²) in [6.45, 7) is 0. The van der Waals surface area contributed by atoms with E-state index in [2.05, 4.69) is 20.7 Å². The van der Waals surface area contributed by atoms with Gasteiger partial charge in [-0.25, -0.2) is 24.6 Å². The fourth-order valence-electron chi connectivity index (χ4n) is 1.38. The van der Waals surface area contributed by atoms with Gasteiger partial charge >= 0.3 is 0 Å². The molecule has 2 rings (SSSR count). The molecule has 0 fully saturated rings. The van der Waals surface area contributed by atoms with E-state index >= 15 is 0 Å². The molecule has 0 aliphatic rings. The van der Waals surface area contributed by atoms with E-state index in [1.165, 1.54) is 17.8 Å². The van der Waals surface area contributed by atoms with Gasteiger partial charge in [-0.3, -0.25) is 0 Å². The Morgan fingerprint density at radius 3 is 2.47 bits per heavy atom. The van der Waals surface area contributed by atoms with Gasteiger partial charge in [0.05, 0.1) is 0 Å². The SMILES string of the molecule is CSc1nc(NN)cc(Nc2ccc(F)c(F)c2)n1. The molecular formula is C11H11F2N5S. The topological polar surface area (TPSA) is 75.9 Å². The fraction of sp³-hybridized carbons (Fsp3) is 0.0909. The van der Waals surface area contributed by atoms with E-state index in [0.29, 0.717) is 22.5 Å². The summed E-state index contributed by atoms with van der Waals surface area (Å²) in [5, 5.41) is 3.36. The smallest absolute Gasteiger partial charge is 0.191 e. The van der Waals surface area contributed by atoms with Crippen LogP contribution in [0.3, 0.4) is 0 Å². The summed E-state index contributed by atoms with van der Waals surface area (Å²) in [6, 6.07) is 5.05. The van der Waals surface area contributed by atoms with Crippen LogP contribution in [0, 0.1) is 11.6 Å². The van der Waals surface area contributed by atoms with E-state index < -0.39 is 11.6 Å². The zero-order valence-electron chi connectivity index (χ0n) is 9.95. The standard InChI is InChI=1S/C11H11F2N5S/c1-19-11-16-9(5-10(17-11)18-14)15-6-2-3-7(12)8(13)4-6/h2-5H,14H2,1H3,(H2,15,16,17,18). The Kier molecular flexibility index (Phi) is 4.13. The molecule has 2 aromatic rings. The summed E-state index contributed by atoms with van der Waals surface area (Å²) >= 11 is 1.34. The zero-order valence-corrected chi connectivity index (χ0v) is 10.8. The minimum Gasteiger partial charge on any atom is -0.340 e. The molecule has 0 saturated heterocycles. The van der Waals surface area contributed by atoms with E-state index in [1.54, 1.807) is 6.07 Å². The lowest BCUT2D eigenvalue weighted by Crippen LogP contribution is -2.10. The minimum absolute atomic E-state index is 0.382. The number of nitrogen functional groups attached to an aromatic ring is 1. The maximum atomic E-state index is 13.1. The van der Waals surface area contributed by atoms with Crippen molar-refractivity contribution in [3.8, 4) is 0 Å². The Hall–Kier alpha value is -1.93. The molecule has 1 heterocycles. The second kappa shape index (κ2) is 5.81. The van der Waals surface area contributed by atoms with Crippen molar-refractivity contribution in [3.63, 3.8) is 0 Å². The van der Waals surface area contributed by atoms with Crippen molar-refractivity contribution in [1.29, 1.82) is 0 Å². The van der Waals surface area contributed by atoms with Crippen LogP contribution in [0.15, 0.2) is 29.4 Å². The monoisotopic (exact) mass is 283 g/mol. The Labute approximate surface area is 112 Å². The molecule has 8 heteroatoms. The average Bonchev–Trinajstić information content (AvgIpc) is 2.42. The summed E-state index contributed by atoms with van der Waals surface area (Å²) in [5.41, 5.74) is 2.79. The van der Waals surface area contributed by atoms with Crippen LogP contribution >= 0.6 is 11.8 Å². The Morgan fingerprint density at radius 1 is 1.11 bits per heavy atom. The molecule has 0 aliphatic heterocycles. The molecule has 1 aromatic heterocycles. The molecule has 0 atom stereocenters. The zero-order chi connectivity index (χ0) is 13.8. The number of anilines is 3. The number of hydrogen-bond donors (Lipinski definition) is 3. The summed E-state index contributed by atoms with van der Waals surface area (Å²) < 4.78 is 25.9. The van der Waals surface area contributed by atoms with Gasteiger partial charge in [0.25, 0.3) is 0 Å². The summed E-state index contributed by atoms with van der Waals surface area (Å²) in [4.78, 5) is 8.26. The molecule has 19 heavy (non-hydrogen) atoms. The number of rotatable bonds is 4. The number of thioether (sulfide) groups is 1. The van der Waals surface area contributed by atoms with Gasteiger partial charge in [-0.15, -0.1) is 0 Å². The highest BCUT2D eigenvalue weighted by molar-refractivity contribution is 7.98. The van der Waals surface area contributed by atoms with Gasteiger partial charge < -0.3 is 10.7 Å². The Bertz CT molecular complexity index is 571. The molecule has 0 radical (unpaired) electrons. The Morgan fingerprint density at radius 2 is 1.84 bits per heavy atom. The first-order valence-electron chi connectivity index (χ1n) is 5.24. The van der Waals surface area contributed by atoms with Crippen molar-refractivity contribution >= 4 is 29.1 Å². The van der Waals surface area contributed by atoms with E-state index in [1.807, 2.05) is 6.26 Å². The van der Waals surface area contributed by atoms with Gasteiger partial charge in [0, 0.05) is 17.8 Å². The molecule has 100 valence electrons. The second-order valence-electron chi connectivity index (χ2n) is 3.52. The molecule has 0 spiro atoms. The van der Waals surface area contributed by atoms with Gasteiger partial charge in [0.15, 0.2) is 16.8 Å². The van der Waals surface area contributed by atoms with Crippen molar-refractivity contribution in [2.45, 2.75) is 5.16 Å². The van der Waals surface area contributed by atoms with Crippen LogP contribution in [0.2, 0.25) is 0 Å². The van der Waals surface area contributed by atoms with Crippen molar-refractivity contribution in [3.05, 3.63) is 35.9 Å². The highest BCUT2D eigenvalue weighted by Crippen LogP contribution is 2.21. The lowest BCUT2D eigenvalue weighted by Gasteiger charge is -2.09. The lowest BCUT2D eigenvalue weighted by atomic mass is 10.3. The van der Waals surface area contributed by atoms with Crippen LogP contribution in [0.1, 0.15) is 0 Å². The van der Waals surface area contributed by atoms with Crippen LogP contribution in [-0.2, 0) is 0 Å². The third-order valence-corrected chi connectivity index (χ3v) is 2.78. The summed E-state index contributed by atoms with van der Waals surface area (Å²) in [6.07, 6.45) is 1.82. The first-order chi connectivity index (χ1) is 9.12. The molecule has 0 unspecified atom stereocenters. The van der Waals surface area contributed by atoms with Gasteiger partial charge in [-0.2, -0.15) is 0 Å². The quantitative estimate of drug-likeness (QED) is 0.346. The maximum Gasteiger partial charge on any atom is 0.191 e. The van der Waals surface area contributed by atoms with Crippen LogP contribution in [-0.4, -0.2) is 16.2 Å². The number of nitrogens with zero attached hydrogens (tertiary/aromatic N) is 2. The van der Waals surface area contributed by atoms with Crippen LogP contribution in [0.5, 0.6) is 0 Å². The first kappa shape index (κ1) is 13.5. The third-order valence-electron chi connectivity index (χ3n) is 2.23. The number of aromatic nitrogens is 2. The summed E-state index contributed by atoms with van der Waals surface area (Å²) in [5.74, 6) is 4.31. The molecule has 5 nitrogen and oxygen atoms in total. The summed E-state index contributed by atoms with van der Waals surface area (Å²) in [7, 11) is 0. The van der Waals surface area contributed by atoms with Crippen molar-refractivity contribution in [2.75, 3.05) is 17.0 Å². The van der Waals surface area contributed by atoms with Crippen molar-refractivity contribution < 1.29 is 8.78 Å². The molecule has 0 amide bonds. The Balaban J connectivity index is 2.29. The largest absolute Gasteiger partial charge is 0.340 e. The molecular weight excluding hydrogens is 272 g/mol. The minimum atomic E-state index is -0.929. The number of halogens is 2. The van der Waals surface area contributed by atoms with Crippen LogP contribution in [0.25, 0.3) is 0 Å². The molecule has 1 aromatic carbocycles. The van der Waals surface area contributed by atoms with Crippen LogP contribution < -0.4 is 16.6 Å². The number of hydrazine groups is 1. The predicted octanol–water partition coefficient (Wildman–Crippen LogP) is 2.51. The predicted molar refractivity (Wildman–Crippen MR) is 71.3 cm³/mol. The van der Waals surface area contributed by atoms with E-state index in [9.17, 15) is 8.78 Å². The third kappa shape index (κ3) is 3.30. The molecule has 0 saturated carbocycles. The van der Waals surface area contributed by atoms with E-state index in [0.717, 1.165) is 12.1 Å². The first-order valence-corrected chi connectivity index (χ1v) is 6.46. The van der Waals surface area contributed by atoms with Crippen molar-refractivity contribution in [2.24, 2.45) is 5.84 Å². The fourth-order valence-corrected chi connectivity index (χ4v) is 1.76. The van der Waals surface area contributed by atoms with E-state index in [4.69, 9.17) is 5.84 Å². The van der Waals surface area contributed by atoms with Crippen LogP contribution in [0.4, 0.5) is 26.1 Å². The number of nitrogens with one attached hydrogen (secondary N) is 2. The normalized spacial score (nSPS) is 10.3.